The Morgan fingerprint density at radius 1 is 1.60 bits per heavy atom. The number of ketones is 1. The Bertz CT molecular complexity index is 149. The van der Waals surface area contributed by atoms with E-state index in [4.69, 9.17) is 5.11 Å². The van der Waals surface area contributed by atoms with Gasteiger partial charge in [-0.1, -0.05) is 13.8 Å². The maximum absolute atomic E-state index is 10.8. The number of rotatable bonds is 0. The average molecular weight is 142 g/mol. The van der Waals surface area contributed by atoms with E-state index in [1.54, 1.807) is 0 Å². The largest absolute Gasteiger partial charge is 0.385 e. The smallest absolute Gasteiger partial charge is 0.161 e. The Morgan fingerprint density at radius 3 is 2.60 bits per heavy atom. The van der Waals surface area contributed by atoms with Crippen molar-refractivity contribution in [2.45, 2.75) is 39.2 Å². The molecule has 58 valence electrons. The highest BCUT2D eigenvalue weighted by Crippen LogP contribution is 2.33. The summed E-state index contributed by atoms with van der Waals surface area (Å²) in [6.45, 7) is 4.17. The Kier molecular flexibility index (Phi) is 1.82. The lowest BCUT2D eigenvalue weighted by Crippen LogP contribution is -2.33. The van der Waals surface area contributed by atoms with Gasteiger partial charge in [-0.05, 0) is 18.3 Å². The van der Waals surface area contributed by atoms with Crippen molar-refractivity contribution in [1.82, 2.24) is 0 Å². The number of hydrogen-bond donors (Lipinski definition) is 1. The molecule has 0 heterocycles. The fourth-order valence-electron chi connectivity index (χ4n) is 1.37. The highest BCUT2D eigenvalue weighted by Gasteiger charge is 2.31. The van der Waals surface area contributed by atoms with Crippen LogP contribution in [-0.4, -0.2) is 17.0 Å². The summed E-state index contributed by atoms with van der Waals surface area (Å²) in [6, 6.07) is 0. The van der Waals surface area contributed by atoms with Gasteiger partial charge in [0.25, 0.3) is 0 Å². The van der Waals surface area contributed by atoms with E-state index in [0.29, 0.717) is 12.8 Å². The SMILES string of the molecule is CC1(C)CCC(=O)C(O)C1. The van der Waals surface area contributed by atoms with Crippen molar-refractivity contribution in [2.24, 2.45) is 5.41 Å². The minimum atomic E-state index is -0.691. The molecule has 1 atom stereocenters. The zero-order valence-corrected chi connectivity index (χ0v) is 6.55. The van der Waals surface area contributed by atoms with E-state index in [2.05, 4.69) is 13.8 Å². The van der Waals surface area contributed by atoms with Crippen LogP contribution < -0.4 is 0 Å². The van der Waals surface area contributed by atoms with Gasteiger partial charge in [0.15, 0.2) is 5.78 Å². The highest BCUT2D eigenvalue weighted by atomic mass is 16.3. The molecule has 1 N–H and O–H groups in total. The average Bonchev–Trinajstić information content (AvgIpc) is 1.79. The maximum atomic E-state index is 10.8. The third kappa shape index (κ3) is 1.57. The van der Waals surface area contributed by atoms with Gasteiger partial charge in [0.1, 0.15) is 6.10 Å². The molecule has 1 saturated carbocycles. The summed E-state index contributed by atoms with van der Waals surface area (Å²) in [4.78, 5) is 10.8. The van der Waals surface area contributed by atoms with Crippen LogP contribution >= 0.6 is 0 Å². The van der Waals surface area contributed by atoms with Crippen molar-refractivity contribution < 1.29 is 9.90 Å². The van der Waals surface area contributed by atoms with Crippen LogP contribution in [0.25, 0.3) is 0 Å². The zero-order chi connectivity index (χ0) is 7.78. The van der Waals surface area contributed by atoms with Gasteiger partial charge in [-0.25, -0.2) is 0 Å². The quantitative estimate of drug-likeness (QED) is 0.550. The predicted molar refractivity (Wildman–Crippen MR) is 38.6 cm³/mol. The van der Waals surface area contributed by atoms with Crippen molar-refractivity contribution >= 4 is 5.78 Å². The van der Waals surface area contributed by atoms with E-state index < -0.39 is 6.10 Å². The molecule has 10 heavy (non-hydrogen) atoms. The summed E-state index contributed by atoms with van der Waals surface area (Å²) in [5.41, 5.74) is 0.160. The van der Waals surface area contributed by atoms with E-state index in [1.807, 2.05) is 0 Å². The van der Waals surface area contributed by atoms with Gasteiger partial charge in [-0.15, -0.1) is 0 Å². The molecule has 0 saturated heterocycles. The molecule has 0 bridgehead atoms. The zero-order valence-electron chi connectivity index (χ0n) is 6.55. The van der Waals surface area contributed by atoms with Gasteiger partial charge in [0.05, 0.1) is 0 Å². The monoisotopic (exact) mass is 142 g/mol. The molecule has 0 aliphatic heterocycles. The van der Waals surface area contributed by atoms with Gasteiger partial charge >= 0.3 is 0 Å². The second-order valence-corrected chi connectivity index (χ2v) is 3.85. The molecule has 0 spiro atoms. The summed E-state index contributed by atoms with van der Waals surface area (Å²) in [7, 11) is 0. The molecular formula is C8H14O2. The van der Waals surface area contributed by atoms with Crippen LogP contribution in [0.1, 0.15) is 33.1 Å². The molecular weight excluding hydrogens is 128 g/mol. The van der Waals surface area contributed by atoms with E-state index in [-0.39, 0.29) is 11.2 Å². The fourth-order valence-corrected chi connectivity index (χ4v) is 1.37. The van der Waals surface area contributed by atoms with E-state index in [9.17, 15) is 4.79 Å². The minimum absolute atomic E-state index is 0.0133. The summed E-state index contributed by atoms with van der Waals surface area (Å²) in [5.74, 6) is 0.0133. The van der Waals surface area contributed by atoms with Crippen LogP contribution in [0.4, 0.5) is 0 Å². The molecule has 0 radical (unpaired) electrons. The van der Waals surface area contributed by atoms with E-state index in [1.165, 1.54) is 0 Å². The normalized spacial score (nSPS) is 32.3. The summed E-state index contributed by atoms with van der Waals surface area (Å²) in [6.07, 6.45) is 1.41. The molecule has 0 aromatic carbocycles. The minimum Gasteiger partial charge on any atom is -0.385 e. The number of carbonyl (C=O) groups excluding carboxylic acids is 1. The molecule has 1 fully saturated rings. The molecule has 0 amide bonds. The standard InChI is InChI=1S/C8H14O2/c1-8(2)4-3-6(9)7(10)5-8/h7,10H,3-5H2,1-2H3. The highest BCUT2D eigenvalue weighted by molar-refractivity contribution is 5.83. The van der Waals surface area contributed by atoms with Crippen LogP contribution in [0, 0.1) is 5.41 Å². The van der Waals surface area contributed by atoms with Gasteiger partial charge in [0.2, 0.25) is 0 Å². The number of aliphatic hydroxyl groups is 1. The Balaban J connectivity index is 2.57. The van der Waals surface area contributed by atoms with Crippen LogP contribution in [-0.2, 0) is 4.79 Å². The molecule has 1 unspecified atom stereocenters. The molecule has 0 aromatic heterocycles. The fraction of sp³-hybridized carbons (Fsp3) is 0.875. The first-order valence-corrected chi connectivity index (χ1v) is 3.72. The molecule has 1 rings (SSSR count). The summed E-state index contributed by atoms with van der Waals surface area (Å²) in [5, 5.41) is 9.16. The van der Waals surface area contributed by atoms with Crippen LogP contribution in [0.5, 0.6) is 0 Å². The van der Waals surface area contributed by atoms with Gasteiger partial charge < -0.3 is 5.11 Å². The predicted octanol–water partition coefficient (Wildman–Crippen LogP) is 1.13. The first kappa shape index (κ1) is 7.73. The molecule has 1 aliphatic rings. The number of aliphatic hydroxyl groups excluding tert-OH is 1. The van der Waals surface area contributed by atoms with Gasteiger partial charge in [0, 0.05) is 6.42 Å². The lowest BCUT2D eigenvalue weighted by Gasteiger charge is -2.31. The topological polar surface area (TPSA) is 37.3 Å². The Labute approximate surface area is 61.2 Å². The molecule has 2 heteroatoms. The van der Waals surface area contributed by atoms with E-state index >= 15 is 0 Å². The van der Waals surface area contributed by atoms with Crippen molar-refractivity contribution in [3.63, 3.8) is 0 Å². The molecule has 0 aromatic rings. The van der Waals surface area contributed by atoms with Crippen molar-refractivity contribution in [2.75, 3.05) is 0 Å². The molecule has 2 nitrogen and oxygen atoms in total. The second-order valence-electron chi connectivity index (χ2n) is 3.85. The Hall–Kier alpha value is -0.370. The molecule has 1 aliphatic carbocycles. The van der Waals surface area contributed by atoms with Crippen molar-refractivity contribution in [3.05, 3.63) is 0 Å². The third-order valence-electron chi connectivity index (χ3n) is 2.17. The van der Waals surface area contributed by atoms with Crippen molar-refractivity contribution in [1.29, 1.82) is 0 Å². The summed E-state index contributed by atoms with van der Waals surface area (Å²) >= 11 is 0. The van der Waals surface area contributed by atoms with Crippen LogP contribution in [0.2, 0.25) is 0 Å². The van der Waals surface area contributed by atoms with Gasteiger partial charge in [-0.3, -0.25) is 4.79 Å². The van der Waals surface area contributed by atoms with Crippen LogP contribution in [0.15, 0.2) is 0 Å². The second kappa shape index (κ2) is 2.35. The first-order valence-electron chi connectivity index (χ1n) is 3.72. The lowest BCUT2D eigenvalue weighted by atomic mass is 9.76. The van der Waals surface area contributed by atoms with Crippen molar-refractivity contribution in [3.8, 4) is 0 Å². The van der Waals surface area contributed by atoms with Gasteiger partial charge in [-0.2, -0.15) is 0 Å². The Morgan fingerprint density at radius 2 is 2.20 bits per heavy atom. The third-order valence-corrected chi connectivity index (χ3v) is 2.17. The first-order chi connectivity index (χ1) is 4.51. The lowest BCUT2D eigenvalue weighted by molar-refractivity contribution is -0.132. The summed E-state index contributed by atoms with van der Waals surface area (Å²) < 4.78 is 0. The number of carbonyl (C=O) groups is 1. The van der Waals surface area contributed by atoms with Crippen LogP contribution in [0.3, 0.4) is 0 Å². The maximum Gasteiger partial charge on any atom is 0.161 e. The van der Waals surface area contributed by atoms with E-state index in [0.717, 1.165) is 6.42 Å². The number of hydrogen-bond acceptors (Lipinski definition) is 2. The number of Topliss-reactive ketones (excluding diaryl/α,β-unsaturated/α-hetero) is 1.